The van der Waals surface area contributed by atoms with Crippen LogP contribution < -0.4 is 15.6 Å². The smallest absolute Gasteiger partial charge is 0.393 e. The third-order valence-corrected chi connectivity index (χ3v) is 6.46. The van der Waals surface area contributed by atoms with E-state index in [1.54, 1.807) is 12.3 Å². The molecule has 1 aromatic heterocycles. The Balaban J connectivity index is 1.57. The standard InChI is InChI=1S/C22H37N3O4S/c1-2-3-4-5-6-7-8-9-10-11-12-13-19(27)23-18-14-15-25(22(28)24-18)20-17-30-21(16-26)29-20/h14-15,20-21,26H,2-13,16-17H2,1H3,(H,23,24,27,28)/p+1/t20-,21+/m0/s1. The molecule has 3 N–H and O–H groups in total. The highest BCUT2D eigenvalue weighted by atomic mass is 32.2. The van der Waals surface area contributed by atoms with Crippen molar-refractivity contribution >= 4 is 23.5 Å². The van der Waals surface area contributed by atoms with Gasteiger partial charge in [-0.3, -0.25) is 10.1 Å². The minimum absolute atomic E-state index is 0.0765. The number of nitrogens with one attached hydrogen (secondary N) is 2. The number of H-pyrrole nitrogens is 1. The number of aromatic amines is 1. The van der Waals surface area contributed by atoms with Crippen LogP contribution in [0, 0.1) is 0 Å². The predicted octanol–water partition coefficient (Wildman–Crippen LogP) is 3.88. The molecule has 0 spiro atoms. The number of ether oxygens (including phenoxy) is 1. The monoisotopic (exact) mass is 440 g/mol. The minimum Gasteiger partial charge on any atom is -0.393 e. The van der Waals surface area contributed by atoms with Gasteiger partial charge in [0.25, 0.3) is 0 Å². The Kier molecular flexibility index (Phi) is 12.1. The number of aliphatic hydroxyl groups excluding tert-OH is 1. The molecule has 1 aliphatic heterocycles. The van der Waals surface area contributed by atoms with Gasteiger partial charge in [0.05, 0.1) is 12.4 Å². The Bertz CT molecular complexity index is 683. The van der Waals surface area contributed by atoms with Crippen molar-refractivity contribution in [3.8, 4) is 0 Å². The summed E-state index contributed by atoms with van der Waals surface area (Å²) in [6, 6.07) is 1.67. The Morgan fingerprint density at radius 1 is 1.17 bits per heavy atom. The number of anilines is 1. The number of unbranched alkanes of at least 4 members (excludes halogenated alkanes) is 10. The Morgan fingerprint density at radius 3 is 2.37 bits per heavy atom. The van der Waals surface area contributed by atoms with E-state index in [2.05, 4.69) is 17.2 Å². The number of amides is 1. The molecule has 0 bridgehead atoms. The van der Waals surface area contributed by atoms with Crippen molar-refractivity contribution in [2.75, 3.05) is 17.7 Å². The molecule has 8 heteroatoms. The van der Waals surface area contributed by atoms with Gasteiger partial charge in [-0.1, -0.05) is 71.1 Å². The van der Waals surface area contributed by atoms with Gasteiger partial charge < -0.3 is 9.84 Å². The maximum atomic E-state index is 12.3. The molecule has 0 aromatic carbocycles. The lowest BCUT2D eigenvalue weighted by atomic mass is 10.1. The molecule has 30 heavy (non-hydrogen) atoms. The number of rotatable bonds is 15. The first-order valence-electron chi connectivity index (χ1n) is 11.5. The number of carbonyl (C=O) groups is 1. The third-order valence-electron chi connectivity index (χ3n) is 5.35. The van der Waals surface area contributed by atoms with E-state index < -0.39 is 6.23 Å². The molecule has 0 aliphatic carbocycles. The van der Waals surface area contributed by atoms with Crippen molar-refractivity contribution < 1.29 is 19.2 Å². The first kappa shape index (κ1) is 24.9. The summed E-state index contributed by atoms with van der Waals surface area (Å²) < 4.78 is 7.04. The molecule has 0 radical (unpaired) electrons. The fourth-order valence-corrected chi connectivity index (χ4v) is 4.52. The molecule has 2 heterocycles. The normalized spacial score (nSPS) is 18.6. The molecule has 2 atom stereocenters. The van der Waals surface area contributed by atoms with Crippen LogP contribution in [0.4, 0.5) is 5.82 Å². The predicted molar refractivity (Wildman–Crippen MR) is 120 cm³/mol. The summed E-state index contributed by atoms with van der Waals surface area (Å²) in [6.45, 7) is 2.17. The van der Waals surface area contributed by atoms with E-state index in [0.717, 1.165) is 12.8 Å². The molecule has 1 saturated heterocycles. The lowest BCUT2D eigenvalue weighted by Crippen LogP contribution is -2.55. The number of hydrogen-bond donors (Lipinski definition) is 3. The van der Waals surface area contributed by atoms with E-state index in [1.807, 2.05) is 0 Å². The van der Waals surface area contributed by atoms with Crippen LogP contribution in [0.1, 0.15) is 90.2 Å². The van der Waals surface area contributed by atoms with Gasteiger partial charge in [-0.05, 0) is 6.42 Å². The Labute approximate surface area is 184 Å². The number of aromatic nitrogens is 2. The Morgan fingerprint density at radius 2 is 1.80 bits per heavy atom. The Hall–Kier alpha value is -1.38. The number of hydrogen-bond acceptors (Lipinski definition) is 5. The number of aliphatic hydroxyl groups is 1. The second kappa shape index (κ2) is 14.6. The maximum absolute atomic E-state index is 12.3. The highest BCUT2D eigenvalue weighted by Crippen LogP contribution is 2.27. The van der Waals surface area contributed by atoms with Gasteiger partial charge in [0.1, 0.15) is 11.6 Å². The van der Waals surface area contributed by atoms with Crippen molar-refractivity contribution in [3.63, 3.8) is 0 Å². The van der Waals surface area contributed by atoms with Crippen LogP contribution >= 0.6 is 11.8 Å². The molecule has 1 aromatic rings. The summed E-state index contributed by atoms with van der Waals surface area (Å²) in [5.41, 5.74) is -0.640. The van der Waals surface area contributed by atoms with Crippen LogP contribution in [0.25, 0.3) is 0 Å². The summed E-state index contributed by atoms with van der Waals surface area (Å²) in [7, 11) is 0. The summed E-state index contributed by atoms with van der Waals surface area (Å²) >= 11 is 1.47. The maximum Gasteiger partial charge on any atom is 0.499 e. The fraction of sp³-hybridized carbons (Fsp3) is 0.773. The van der Waals surface area contributed by atoms with Crippen LogP contribution in [0.15, 0.2) is 17.1 Å². The fourth-order valence-electron chi connectivity index (χ4n) is 3.59. The average molecular weight is 441 g/mol. The lowest BCUT2D eigenvalue weighted by molar-refractivity contribution is -0.770. The van der Waals surface area contributed by atoms with Gasteiger partial charge in [0.2, 0.25) is 18.0 Å². The topological polar surface area (TPSA) is 95.3 Å². The SMILES string of the molecule is CCCCCCCCCCCCCC(=O)Nc1cc[n+]([C@@H]2CS[C@H](CO)O2)c(=O)[nH]1. The molecule has 170 valence electrons. The molecule has 1 amide bonds. The van der Waals surface area contributed by atoms with Gasteiger partial charge >= 0.3 is 5.69 Å². The van der Waals surface area contributed by atoms with Crippen LogP contribution in [0.3, 0.4) is 0 Å². The zero-order chi connectivity index (χ0) is 21.6. The largest absolute Gasteiger partial charge is 0.499 e. The van der Waals surface area contributed by atoms with Crippen molar-refractivity contribution in [1.29, 1.82) is 0 Å². The quantitative estimate of drug-likeness (QED) is 0.284. The van der Waals surface area contributed by atoms with Crippen LogP contribution in [-0.4, -0.2) is 33.8 Å². The molecule has 0 unspecified atom stereocenters. The molecule has 1 fully saturated rings. The number of thioether (sulfide) groups is 1. The zero-order valence-corrected chi connectivity index (χ0v) is 19.1. The van der Waals surface area contributed by atoms with Crippen molar-refractivity contribution in [1.82, 2.24) is 4.98 Å². The van der Waals surface area contributed by atoms with Gasteiger partial charge in [-0.15, -0.1) is 11.8 Å². The minimum atomic E-state index is -0.406. The summed E-state index contributed by atoms with van der Waals surface area (Å²) in [6.07, 6.45) is 15.4. The lowest BCUT2D eigenvalue weighted by Gasteiger charge is -2.08. The zero-order valence-electron chi connectivity index (χ0n) is 18.2. The molecule has 0 saturated carbocycles. The van der Waals surface area contributed by atoms with Crippen LogP contribution in [-0.2, 0) is 9.53 Å². The summed E-state index contributed by atoms with van der Waals surface area (Å²) in [5.74, 6) is 0.921. The van der Waals surface area contributed by atoms with Gasteiger partial charge in [-0.25, -0.2) is 0 Å². The molecular formula is C22H38N3O4S+. The van der Waals surface area contributed by atoms with Crippen molar-refractivity contribution in [2.45, 2.75) is 95.6 Å². The summed E-state index contributed by atoms with van der Waals surface area (Å²) in [5, 5.41) is 11.9. The molecule has 2 rings (SSSR count). The number of carbonyl (C=O) groups excluding carboxylic acids is 1. The van der Waals surface area contributed by atoms with E-state index in [-0.39, 0.29) is 23.6 Å². The second-order valence-electron chi connectivity index (χ2n) is 7.94. The van der Waals surface area contributed by atoms with E-state index in [1.165, 1.54) is 74.1 Å². The summed E-state index contributed by atoms with van der Waals surface area (Å²) in [4.78, 5) is 27.1. The average Bonchev–Trinajstić information content (AvgIpc) is 3.21. The second-order valence-corrected chi connectivity index (χ2v) is 9.13. The molecule has 1 aliphatic rings. The van der Waals surface area contributed by atoms with Gasteiger partial charge in [0.15, 0.2) is 0 Å². The van der Waals surface area contributed by atoms with Gasteiger partial charge in [-0.2, -0.15) is 14.3 Å². The molecular weight excluding hydrogens is 402 g/mol. The third kappa shape index (κ3) is 9.18. The van der Waals surface area contributed by atoms with E-state index in [4.69, 9.17) is 9.84 Å². The van der Waals surface area contributed by atoms with Crippen LogP contribution in [0.2, 0.25) is 0 Å². The highest BCUT2D eigenvalue weighted by molar-refractivity contribution is 8.00. The van der Waals surface area contributed by atoms with E-state index >= 15 is 0 Å². The first-order valence-corrected chi connectivity index (χ1v) is 12.5. The van der Waals surface area contributed by atoms with E-state index in [9.17, 15) is 9.59 Å². The van der Waals surface area contributed by atoms with Crippen molar-refractivity contribution in [2.24, 2.45) is 0 Å². The first-order chi connectivity index (χ1) is 14.6. The van der Waals surface area contributed by atoms with Gasteiger partial charge in [0, 0.05) is 12.5 Å². The highest BCUT2D eigenvalue weighted by Gasteiger charge is 2.31. The number of nitrogens with zero attached hydrogens (tertiary/aromatic N) is 1. The van der Waals surface area contributed by atoms with Crippen molar-refractivity contribution in [3.05, 3.63) is 22.7 Å². The van der Waals surface area contributed by atoms with Crippen LogP contribution in [0.5, 0.6) is 0 Å². The van der Waals surface area contributed by atoms with E-state index in [0.29, 0.717) is 18.0 Å². The molecule has 7 nitrogen and oxygen atoms in total.